The third kappa shape index (κ3) is 2.77. The van der Waals surface area contributed by atoms with Crippen LogP contribution in [0, 0.1) is 6.92 Å². The number of rotatable bonds is 3. The first-order chi connectivity index (χ1) is 8.82. The monoisotopic (exact) mass is 301 g/mol. The van der Waals surface area contributed by atoms with Gasteiger partial charge in [0.05, 0.1) is 4.90 Å². The van der Waals surface area contributed by atoms with Crippen LogP contribution in [-0.2, 0) is 14.8 Å². The number of sulfonamides is 1. The second kappa shape index (κ2) is 5.15. The van der Waals surface area contributed by atoms with Crippen LogP contribution in [0.25, 0.3) is 0 Å². The maximum Gasteiger partial charge on any atom is 0.322 e. The number of hydrogen-bond acceptors (Lipinski definition) is 4. The van der Waals surface area contributed by atoms with Crippen LogP contribution < -0.4 is 0 Å². The minimum absolute atomic E-state index is 0.117. The van der Waals surface area contributed by atoms with Gasteiger partial charge < -0.3 is 5.11 Å². The summed E-state index contributed by atoms with van der Waals surface area (Å²) in [5.74, 6) is -1.13. The van der Waals surface area contributed by atoms with Crippen molar-refractivity contribution in [1.82, 2.24) is 4.31 Å². The van der Waals surface area contributed by atoms with Gasteiger partial charge in [0.25, 0.3) is 0 Å². The molecule has 19 heavy (non-hydrogen) atoms. The van der Waals surface area contributed by atoms with E-state index in [4.69, 9.17) is 5.11 Å². The molecule has 0 radical (unpaired) electrons. The van der Waals surface area contributed by atoms with E-state index in [1.807, 2.05) is 6.92 Å². The van der Waals surface area contributed by atoms with E-state index in [1.165, 1.54) is 12.1 Å². The Labute approximate surface area is 117 Å². The molecule has 0 unspecified atom stereocenters. The first-order valence-electron chi connectivity index (χ1n) is 5.82. The molecule has 7 heteroatoms. The fourth-order valence-corrected chi connectivity index (χ4v) is 4.24. The van der Waals surface area contributed by atoms with Crippen molar-refractivity contribution in [3.05, 3.63) is 29.8 Å². The topological polar surface area (TPSA) is 74.7 Å². The normalized spacial score (nSPS) is 24.5. The minimum Gasteiger partial charge on any atom is -0.480 e. The molecule has 1 aromatic rings. The molecule has 0 amide bonds. The van der Waals surface area contributed by atoms with Gasteiger partial charge in [0, 0.05) is 11.8 Å². The van der Waals surface area contributed by atoms with E-state index in [2.05, 4.69) is 12.6 Å². The average molecular weight is 301 g/mol. The van der Waals surface area contributed by atoms with Gasteiger partial charge in [-0.2, -0.15) is 16.9 Å². The average Bonchev–Trinajstić information content (AvgIpc) is 2.73. The van der Waals surface area contributed by atoms with Gasteiger partial charge in [-0.05, 0) is 25.5 Å². The largest absolute Gasteiger partial charge is 0.480 e. The van der Waals surface area contributed by atoms with Gasteiger partial charge in [-0.15, -0.1) is 0 Å². The number of carbonyl (C=O) groups is 1. The molecule has 1 saturated heterocycles. The van der Waals surface area contributed by atoms with E-state index in [0.29, 0.717) is 0 Å². The maximum atomic E-state index is 12.4. The lowest BCUT2D eigenvalue weighted by Gasteiger charge is -2.20. The Hall–Kier alpha value is -1.05. The predicted octanol–water partition coefficient (Wildman–Crippen LogP) is 1.14. The lowest BCUT2D eigenvalue weighted by molar-refractivity contribution is -0.140. The smallest absolute Gasteiger partial charge is 0.322 e. The molecule has 0 bridgehead atoms. The first-order valence-corrected chi connectivity index (χ1v) is 7.77. The van der Waals surface area contributed by atoms with Crippen molar-refractivity contribution >= 4 is 28.6 Å². The Morgan fingerprint density at radius 2 is 1.95 bits per heavy atom. The number of aliphatic carboxylic acids is 1. The van der Waals surface area contributed by atoms with E-state index in [0.717, 1.165) is 9.87 Å². The molecule has 0 saturated carbocycles. The number of carboxylic acids is 1. The van der Waals surface area contributed by atoms with E-state index < -0.39 is 22.0 Å². The summed E-state index contributed by atoms with van der Waals surface area (Å²) >= 11 is 4.20. The second-order valence-corrected chi connectivity index (χ2v) is 7.25. The molecule has 0 spiro atoms. The zero-order chi connectivity index (χ0) is 14.2. The fraction of sp³-hybridized carbons (Fsp3) is 0.417. The van der Waals surface area contributed by atoms with Crippen molar-refractivity contribution < 1.29 is 18.3 Å². The van der Waals surface area contributed by atoms with Crippen LogP contribution >= 0.6 is 12.6 Å². The summed E-state index contributed by atoms with van der Waals surface area (Å²) in [6.45, 7) is 1.98. The number of aryl methyl sites for hydroxylation is 1. The summed E-state index contributed by atoms with van der Waals surface area (Å²) in [7, 11) is -3.78. The van der Waals surface area contributed by atoms with Gasteiger partial charge in [-0.3, -0.25) is 4.79 Å². The highest BCUT2D eigenvalue weighted by Crippen LogP contribution is 2.28. The maximum absolute atomic E-state index is 12.4. The molecule has 1 N–H and O–H groups in total. The van der Waals surface area contributed by atoms with Gasteiger partial charge in [-0.1, -0.05) is 17.7 Å². The lowest BCUT2D eigenvalue weighted by Crippen LogP contribution is -2.40. The summed E-state index contributed by atoms with van der Waals surface area (Å²) in [5, 5.41) is 8.87. The van der Waals surface area contributed by atoms with Crippen LogP contribution in [-0.4, -0.2) is 41.6 Å². The van der Waals surface area contributed by atoms with Gasteiger partial charge in [0.2, 0.25) is 10.0 Å². The second-order valence-electron chi connectivity index (χ2n) is 4.63. The highest BCUT2D eigenvalue weighted by Gasteiger charge is 2.42. The summed E-state index contributed by atoms with van der Waals surface area (Å²) in [4.78, 5) is 11.3. The zero-order valence-corrected chi connectivity index (χ0v) is 12.1. The summed E-state index contributed by atoms with van der Waals surface area (Å²) in [5.41, 5.74) is 0.947. The predicted molar refractivity (Wildman–Crippen MR) is 73.9 cm³/mol. The highest BCUT2D eigenvalue weighted by atomic mass is 32.2. The standard InChI is InChI=1S/C12H15NO4S2/c1-8-2-4-10(5-3-8)19(16,17)13-7-9(18)6-11(13)12(14)15/h2-5,9,11,18H,6-7H2,1H3,(H,14,15)/t9-,11-/m1/s1. The van der Waals surface area contributed by atoms with Gasteiger partial charge >= 0.3 is 5.97 Å². The number of nitrogens with zero attached hydrogens (tertiary/aromatic N) is 1. The van der Waals surface area contributed by atoms with Crippen LogP contribution in [0.4, 0.5) is 0 Å². The highest BCUT2D eigenvalue weighted by molar-refractivity contribution is 7.89. The van der Waals surface area contributed by atoms with Crippen molar-refractivity contribution in [2.75, 3.05) is 6.54 Å². The Morgan fingerprint density at radius 1 is 1.37 bits per heavy atom. The van der Waals surface area contributed by atoms with Crippen LogP contribution in [0.2, 0.25) is 0 Å². The van der Waals surface area contributed by atoms with Crippen molar-refractivity contribution in [3.63, 3.8) is 0 Å². The summed E-state index contributed by atoms with van der Waals surface area (Å²) in [6.07, 6.45) is 0.226. The molecule has 1 aromatic carbocycles. The lowest BCUT2D eigenvalue weighted by atomic mass is 10.2. The molecule has 1 heterocycles. The Kier molecular flexibility index (Phi) is 3.89. The first kappa shape index (κ1) is 14.4. The van der Waals surface area contributed by atoms with Crippen molar-refractivity contribution in [1.29, 1.82) is 0 Å². The molecule has 1 aliphatic heterocycles. The Balaban J connectivity index is 2.38. The van der Waals surface area contributed by atoms with Crippen LogP contribution in [0.15, 0.2) is 29.2 Å². The van der Waals surface area contributed by atoms with Crippen molar-refractivity contribution in [3.8, 4) is 0 Å². The molecule has 1 fully saturated rings. The number of carboxylic acid groups (broad SMARTS) is 1. The van der Waals surface area contributed by atoms with Crippen molar-refractivity contribution in [2.24, 2.45) is 0 Å². The van der Waals surface area contributed by atoms with Gasteiger partial charge in [0.15, 0.2) is 0 Å². The SMILES string of the molecule is Cc1ccc(S(=O)(=O)N2C[C@H](S)C[C@@H]2C(=O)O)cc1. The molecule has 5 nitrogen and oxygen atoms in total. The molecule has 104 valence electrons. The summed E-state index contributed by atoms with van der Waals surface area (Å²) in [6, 6.07) is 5.34. The number of benzene rings is 1. The van der Waals surface area contributed by atoms with E-state index in [1.54, 1.807) is 12.1 Å². The minimum atomic E-state index is -3.78. The van der Waals surface area contributed by atoms with Crippen LogP contribution in [0.5, 0.6) is 0 Å². The molecule has 1 aliphatic rings. The summed E-state index contributed by atoms with van der Waals surface area (Å²) < 4.78 is 25.9. The molecule has 0 aromatic heterocycles. The van der Waals surface area contributed by atoms with E-state index >= 15 is 0 Å². The quantitative estimate of drug-likeness (QED) is 0.821. The molecule has 2 atom stereocenters. The molecule has 0 aliphatic carbocycles. The van der Waals surface area contributed by atoms with E-state index in [9.17, 15) is 13.2 Å². The zero-order valence-electron chi connectivity index (χ0n) is 10.4. The Morgan fingerprint density at radius 3 is 2.47 bits per heavy atom. The molecular weight excluding hydrogens is 286 g/mol. The van der Waals surface area contributed by atoms with Crippen LogP contribution in [0.3, 0.4) is 0 Å². The number of thiol groups is 1. The van der Waals surface area contributed by atoms with Crippen LogP contribution in [0.1, 0.15) is 12.0 Å². The Bertz CT molecular complexity index is 582. The van der Waals surface area contributed by atoms with Gasteiger partial charge in [0.1, 0.15) is 6.04 Å². The van der Waals surface area contributed by atoms with Gasteiger partial charge in [-0.25, -0.2) is 8.42 Å². The van der Waals surface area contributed by atoms with E-state index in [-0.39, 0.29) is 23.1 Å². The third-order valence-electron chi connectivity index (χ3n) is 3.15. The molecular formula is C12H15NO4S2. The number of hydrogen-bond donors (Lipinski definition) is 2. The fourth-order valence-electron chi connectivity index (χ4n) is 2.12. The third-order valence-corrected chi connectivity index (χ3v) is 5.41. The van der Waals surface area contributed by atoms with Crippen molar-refractivity contribution in [2.45, 2.75) is 29.5 Å². The molecule has 2 rings (SSSR count).